The maximum absolute atomic E-state index is 14.4. The number of fused-ring (bicyclic) bond motifs is 1. The van der Waals surface area contributed by atoms with Crippen LogP contribution in [-0.2, 0) is 21.3 Å². The molecule has 220 valence electrons. The summed E-state index contributed by atoms with van der Waals surface area (Å²) in [5, 5.41) is 1.85. The van der Waals surface area contributed by atoms with Crippen LogP contribution < -0.4 is 14.4 Å². The van der Waals surface area contributed by atoms with E-state index in [9.17, 15) is 13.2 Å². The summed E-state index contributed by atoms with van der Waals surface area (Å²) in [7, 11) is 0.638. The number of hydrogen-bond acceptors (Lipinski definition) is 7. The van der Waals surface area contributed by atoms with E-state index < -0.39 is 10.0 Å². The quantitative estimate of drug-likeness (QED) is 0.228. The van der Waals surface area contributed by atoms with Crippen molar-refractivity contribution in [3.8, 4) is 11.5 Å². The van der Waals surface area contributed by atoms with Crippen molar-refractivity contribution in [3.63, 3.8) is 0 Å². The van der Waals surface area contributed by atoms with Crippen molar-refractivity contribution in [1.82, 2.24) is 4.31 Å². The molecule has 1 heterocycles. The zero-order chi connectivity index (χ0) is 29.9. The molecule has 1 aliphatic heterocycles. The molecule has 9 heteroatoms. The van der Waals surface area contributed by atoms with Crippen LogP contribution in [0.25, 0.3) is 10.8 Å². The van der Waals surface area contributed by atoms with E-state index in [2.05, 4.69) is 4.90 Å². The number of methoxy groups -OCH3 is 3. The number of anilines is 1. The van der Waals surface area contributed by atoms with Gasteiger partial charge in [-0.15, -0.1) is 0 Å². The van der Waals surface area contributed by atoms with Crippen molar-refractivity contribution in [2.45, 2.75) is 37.2 Å². The SMILES string of the molecule is COC(=O)c1ccc(N2CCC(N(Cc3c(OC)cc(C)cc3OC)S(=O)(=O)c3ccc4ccccc4c3)CC2)cc1. The monoisotopic (exact) mass is 588 g/mol. The molecule has 1 saturated heterocycles. The van der Waals surface area contributed by atoms with E-state index in [1.807, 2.05) is 61.5 Å². The number of piperidine rings is 1. The second-order valence-corrected chi connectivity index (χ2v) is 12.4. The number of sulfonamides is 1. The summed E-state index contributed by atoms with van der Waals surface area (Å²) in [5.41, 5.74) is 3.12. The highest BCUT2D eigenvalue weighted by Gasteiger charge is 2.35. The second-order valence-electron chi connectivity index (χ2n) is 10.5. The zero-order valence-electron chi connectivity index (χ0n) is 24.4. The molecule has 0 saturated carbocycles. The van der Waals surface area contributed by atoms with Gasteiger partial charge in [0.15, 0.2) is 0 Å². The summed E-state index contributed by atoms with van der Waals surface area (Å²) in [6, 6.07) is 23.9. The fourth-order valence-corrected chi connectivity index (χ4v) is 7.33. The van der Waals surface area contributed by atoms with Crippen molar-refractivity contribution in [1.29, 1.82) is 0 Å². The summed E-state index contributed by atoms with van der Waals surface area (Å²) in [6.07, 6.45) is 1.25. The van der Waals surface area contributed by atoms with Gasteiger partial charge in [-0.3, -0.25) is 0 Å². The number of benzene rings is 4. The van der Waals surface area contributed by atoms with Gasteiger partial charge in [0, 0.05) is 31.4 Å². The highest BCUT2D eigenvalue weighted by Crippen LogP contribution is 2.36. The number of esters is 1. The predicted molar refractivity (Wildman–Crippen MR) is 164 cm³/mol. The normalized spacial score (nSPS) is 14.3. The number of hydrogen-bond donors (Lipinski definition) is 0. The lowest BCUT2D eigenvalue weighted by Gasteiger charge is -2.39. The van der Waals surface area contributed by atoms with Crippen LogP contribution in [0.15, 0.2) is 83.8 Å². The molecule has 4 aromatic rings. The summed E-state index contributed by atoms with van der Waals surface area (Å²) in [5.74, 6) is 0.805. The largest absolute Gasteiger partial charge is 0.496 e. The van der Waals surface area contributed by atoms with Crippen molar-refractivity contribution in [2.75, 3.05) is 39.3 Å². The predicted octanol–water partition coefficient (Wildman–Crippen LogP) is 5.81. The Bertz CT molecular complexity index is 1650. The first-order valence-corrected chi connectivity index (χ1v) is 15.3. The summed E-state index contributed by atoms with van der Waals surface area (Å²) in [4.78, 5) is 14.3. The molecule has 0 aromatic heterocycles. The smallest absolute Gasteiger partial charge is 0.337 e. The number of rotatable bonds is 9. The summed E-state index contributed by atoms with van der Waals surface area (Å²) in [6.45, 7) is 3.38. The van der Waals surface area contributed by atoms with E-state index in [0.717, 1.165) is 22.0 Å². The molecule has 4 aromatic carbocycles. The molecule has 0 unspecified atom stereocenters. The minimum absolute atomic E-state index is 0.111. The van der Waals surface area contributed by atoms with Crippen LogP contribution in [0.2, 0.25) is 0 Å². The lowest BCUT2D eigenvalue weighted by molar-refractivity contribution is 0.0600. The lowest BCUT2D eigenvalue weighted by atomic mass is 10.0. The van der Waals surface area contributed by atoms with Crippen LogP contribution in [0.3, 0.4) is 0 Å². The van der Waals surface area contributed by atoms with E-state index >= 15 is 0 Å². The highest BCUT2D eigenvalue weighted by molar-refractivity contribution is 7.89. The third-order valence-corrected chi connectivity index (χ3v) is 9.81. The Hall–Kier alpha value is -4.08. The maximum Gasteiger partial charge on any atom is 0.337 e. The topological polar surface area (TPSA) is 85.4 Å². The molecule has 0 spiro atoms. The van der Waals surface area contributed by atoms with Crippen molar-refractivity contribution in [2.24, 2.45) is 0 Å². The number of ether oxygens (including phenoxy) is 3. The third-order valence-electron chi connectivity index (χ3n) is 7.92. The minimum Gasteiger partial charge on any atom is -0.496 e. The molecule has 0 N–H and O–H groups in total. The molecule has 1 fully saturated rings. The van der Waals surface area contributed by atoms with Crippen LogP contribution in [0, 0.1) is 6.92 Å². The van der Waals surface area contributed by atoms with Crippen LogP contribution >= 0.6 is 0 Å². The van der Waals surface area contributed by atoms with Crippen molar-refractivity contribution < 1.29 is 27.4 Å². The Morgan fingerprint density at radius 2 is 1.48 bits per heavy atom. The Morgan fingerprint density at radius 1 is 0.857 bits per heavy atom. The Labute approximate surface area is 247 Å². The zero-order valence-corrected chi connectivity index (χ0v) is 25.2. The van der Waals surface area contributed by atoms with E-state index in [4.69, 9.17) is 14.2 Å². The number of carbonyl (C=O) groups is 1. The molecule has 0 radical (unpaired) electrons. The Morgan fingerprint density at radius 3 is 2.07 bits per heavy atom. The molecule has 1 aliphatic rings. The first-order chi connectivity index (χ1) is 20.2. The van der Waals surface area contributed by atoms with E-state index in [1.165, 1.54) is 7.11 Å². The first-order valence-electron chi connectivity index (χ1n) is 13.9. The van der Waals surface area contributed by atoms with Gasteiger partial charge in [-0.25, -0.2) is 13.2 Å². The molecule has 0 amide bonds. The average molecular weight is 589 g/mol. The van der Waals surface area contributed by atoms with Gasteiger partial charge in [0.1, 0.15) is 11.5 Å². The standard InChI is InChI=1S/C33H36N2O6S/c1-23-19-31(39-2)30(32(20-23)40-3)22-35(42(37,38)29-14-11-24-7-5-6-8-26(24)21-29)28-15-17-34(18-16-28)27-12-9-25(10-13-27)33(36)41-4/h5-14,19-21,28H,15-18,22H2,1-4H3. The van der Waals surface area contributed by atoms with E-state index in [0.29, 0.717) is 48.6 Å². The fraction of sp³-hybridized carbons (Fsp3) is 0.303. The molecule has 0 atom stereocenters. The van der Waals surface area contributed by atoms with E-state index in [1.54, 1.807) is 42.8 Å². The molecular weight excluding hydrogens is 552 g/mol. The Balaban J connectivity index is 1.48. The lowest BCUT2D eigenvalue weighted by Crippen LogP contribution is -2.47. The number of carbonyl (C=O) groups excluding carboxylic acids is 1. The fourth-order valence-electron chi connectivity index (χ4n) is 5.64. The third kappa shape index (κ3) is 5.93. The van der Waals surface area contributed by atoms with Gasteiger partial charge in [-0.1, -0.05) is 30.3 Å². The Kier molecular flexibility index (Phi) is 8.70. The summed E-state index contributed by atoms with van der Waals surface area (Å²) < 4.78 is 46.7. The molecule has 5 rings (SSSR count). The minimum atomic E-state index is -3.90. The molecule has 0 aliphatic carbocycles. The van der Waals surface area contributed by atoms with Gasteiger partial charge < -0.3 is 19.1 Å². The second kappa shape index (κ2) is 12.4. The molecule has 42 heavy (non-hydrogen) atoms. The first kappa shape index (κ1) is 29.4. The van der Waals surface area contributed by atoms with Crippen LogP contribution in [0.4, 0.5) is 5.69 Å². The van der Waals surface area contributed by atoms with Crippen LogP contribution in [0.5, 0.6) is 11.5 Å². The summed E-state index contributed by atoms with van der Waals surface area (Å²) >= 11 is 0. The van der Waals surface area contributed by atoms with Gasteiger partial charge in [-0.05, 0) is 84.6 Å². The molecule has 8 nitrogen and oxygen atoms in total. The van der Waals surface area contributed by atoms with Gasteiger partial charge in [-0.2, -0.15) is 4.31 Å². The van der Waals surface area contributed by atoms with Gasteiger partial charge in [0.25, 0.3) is 0 Å². The number of aryl methyl sites for hydroxylation is 1. The number of nitrogens with zero attached hydrogens (tertiary/aromatic N) is 2. The van der Waals surface area contributed by atoms with Crippen LogP contribution in [-0.4, -0.2) is 59.2 Å². The maximum atomic E-state index is 14.4. The highest BCUT2D eigenvalue weighted by atomic mass is 32.2. The molecule has 0 bridgehead atoms. The molecular formula is C33H36N2O6S. The van der Waals surface area contributed by atoms with Crippen LogP contribution in [0.1, 0.15) is 34.3 Å². The van der Waals surface area contributed by atoms with Gasteiger partial charge in [0.2, 0.25) is 10.0 Å². The van der Waals surface area contributed by atoms with Crippen molar-refractivity contribution in [3.05, 3.63) is 95.6 Å². The van der Waals surface area contributed by atoms with Gasteiger partial charge in [0.05, 0.1) is 37.4 Å². The van der Waals surface area contributed by atoms with Gasteiger partial charge >= 0.3 is 5.97 Å². The average Bonchev–Trinajstić information content (AvgIpc) is 3.03. The van der Waals surface area contributed by atoms with E-state index in [-0.39, 0.29) is 23.5 Å². The van der Waals surface area contributed by atoms with Crippen molar-refractivity contribution >= 4 is 32.5 Å².